The Balaban J connectivity index is 1.38. The zero-order chi connectivity index (χ0) is 22.1. The number of ketones is 1. The van der Waals surface area contributed by atoms with Crippen LogP contribution in [0.4, 0.5) is 17.5 Å². The van der Waals surface area contributed by atoms with Gasteiger partial charge in [0.1, 0.15) is 17.3 Å². The minimum Gasteiger partial charge on any atom is -0.495 e. The maximum atomic E-state index is 12.9. The number of anilines is 3. The predicted octanol–water partition coefficient (Wildman–Crippen LogP) is 3.36. The van der Waals surface area contributed by atoms with Crippen molar-refractivity contribution in [2.24, 2.45) is 0 Å². The molecule has 1 aliphatic heterocycles. The molecule has 0 unspecified atom stereocenters. The van der Waals surface area contributed by atoms with Crippen molar-refractivity contribution in [3.05, 3.63) is 59.7 Å². The smallest absolute Gasteiger partial charge is 0.227 e. The van der Waals surface area contributed by atoms with E-state index in [0.717, 1.165) is 49.1 Å². The van der Waals surface area contributed by atoms with E-state index in [4.69, 9.17) is 19.1 Å². The van der Waals surface area contributed by atoms with Crippen LogP contribution in [-0.2, 0) is 6.42 Å². The molecule has 0 amide bonds. The van der Waals surface area contributed by atoms with Gasteiger partial charge in [0.15, 0.2) is 5.78 Å². The second-order valence-corrected chi connectivity index (χ2v) is 8.13. The van der Waals surface area contributed by atoms with Crippen LogP contribution < -0.4 is 19.9 Å². The minimum absolute atomic E-state index is 0.0137. The van der Waals surface area contributed by atoms with Crippen molar-refractivity contribution in [3.63, 3.8) is 0 Å². The van der Waals surface area contributed by atoms with Crippen LogP contribution >= 0.6 is 0 Å². The predicted molar refractivity (Wildman–Crippen MR) is 123 cm³/mol. The molecular formula is C24H27N5O3. The first-order valence-corrected chi connectivity index (χ1v) is 11.0. The summed E-state index contributed by atoms with van der Waals surface area (Å²) in [4.78, 5) is 27.0. The first kappa shape index (κ1) is 20.4. The number of furan rings is 1. The number of carbonyl (C=O) groups is 1. The third kappa shape index (κ3) is 3.66. The summed E-state index contributed by atoms with van der Waals surface area (Å²) in [5.41, 5.74) is 2.51. The van der Waals surface area contributed by atoms with Gasteiger partial charge in [-0.05, 0) is 24.3 Å². The molecule has 0 radical (unpaired) electrons. The topological polar surface area (TPSA) is 83.7 Å². The quantitative estimate of drug-likeness (QED) is 0.656. The molecule has 3 aromatic rings. The maximum absolute atomic E-state index is 12.9. The number of aromatic nitrogens is 2. The summed E-state index contributed by atoms with van der Waals surface area (Å²) in [6, 6.07) is 11.9. The molecule has 1 atom stereocenters. The molecule has 1 aliphatic carbocycles. The molecule has 1 N–H and O–H groups in total. The molecule has 1 aromatic carbocycles. The number of nitrogens with one attached hydrogen (secondary N) is 1. The Hall–Kier alpha value is -3.55. The van der Waals surface area contributed by atoms with Crippen LogP contribution in [-0.4, -0.2) is 56.1 Å². The lowest BCUT2D eigenvalue weighted by molar-refractivity contribution is 0.0959. The van der Waals surface area contributed by atoms with E-state index in [2.05, 4.69) is 21.2 Å². The second-order valence-electron chi connectivity index (χ2n) is 8.13. The first-order chi connectivity index (χ1) is 15.7. The van der Waals surface area contributed by atoms with Crippen LogP contribution in [0.15, 0.2) is 47.1 Å². The van der Waals surface area contributed by atoms with Gasteiger partial charge >= 0.3 is 0 Å². The van der Waals surface area contributed by atoms with Crippen molar-refractivity contribution < 1.29 is 13.9 Å². The van der Waals surface area contributed by atoms with Crippen LogP contribution in [0.1, 0.15) is 34.2 Å². The highest BCUT2D eigenvalue weighted by atomic mass is 16.5. The van der Waals surface area contributed by atoms with Crippen LogP contribution in [0.25, 0.3) is 0 Å². The molecule has 0 bridgehead atoms. The molecule has 5 rings (SSSR count). The van der Waals surface area contributed by atoms with Crippen molar-refractivity contribution in [3.8, 4) is 5.75 Å². The zero-order valence-corrected chi connectivity index (χ0v) is 18.4. The van der Waals surface area contributed by atoms with E-state index >= 15 is 0 Å². The van der Waals surface area contributed by atoms with E-state index in [-0.39, 0.29) is 11.7 Å². The van der Waals surface area contributed by atoms with Crippen LogP contribution in [0.3, 0.4) is 0 Å². The molecule has 32 heavy (non-hydrogen) atoms. The third-order valence-corrected chi connectivity index (χ3v) is 6.29. The van der Waals surface area contributed by atoms with E-state index in [0.29, 0.717) is 30.2 Å². The molecule has 1 saturated heterocycles. The van der Waals surface area contributed by atoms with Crippen molar-refractivity contribution in [2.75, 3.05) is 55.5 Å². The summed E-state index contributed by atoms with van der Waals surface area (Å²) in [5, 5.41) is 3.12. The normalized spacial score (nSPS) is 18.4. The van der Waals surface area contributed by atoms with Gasteiger partial charge in [-0.1, -0.05) is 12.1 Å². The number of hydrogen-bond donors (Lipinski definition) is 1. The third-order valence-electron chi connectivity index (χ3n) is 6.29. The number of para-hydroxylation sites is 2. The lowest BCUT2D eigenvalue weighted by Crippen LogP contribution is -2.47. The Kier molecular flexibility index (Phi) is 5.43. The van der Waals surface area contributed by atoms with Crippen LogP contribution in [0.2, 0.25) is 0 Å². The van der Waals surface area contributed by atoms with Crippen molar-refractivity contribution in [2.45, 2.75) is 18.8 Å². The fraction of sp³-hybridized carbons (Fsp3) is 0.375. The van der Waals surface area contributed by atoms with Gasteiger partial charge in [0.2, 0.25) is 5.95 Å². The Morgan fingerprint density at radius 3 is 2.53 bits per heavy atom. The number of methoxy groups -OCH3 is 1. The summed E-state index contributed by atoms with van der Waals surface area (Å²) in [7, 11) is 3.50. The Bertz CT molecular complexity index is 1110. The summed E-state index contributed by atoms with van der Waals surface area (Å²) < 4.78 is 11.1. The number of nitrogens with zero attached hydrogens (tertiary/aromatic N) is 4. The highest BCUT2D eigenvalue weighted by Crippen LogP contribution is 2.36. The molecular weight excluding hydrogens is 406 g/mol. The maximum Gasteiger partial charge on any atom is 0.227 e. The standard InChI is InChI=1S/C24H27N5O3/c1-25-23-22-17(14-16(15-19(22)30)20-8-5-13-32-20)26-24(27-23)29-11-9-28(10-12-29)18-6-3-4-7-21(18)31-2/h3-8,13,16H,9-12,14-15H2,1-2H3,(H,25,26,27)/t16-/m0/s1. The minimum atomic E-state index is 0.0137. The van der Waals surface area contributed by atoms with Crippen LogP contribution in [0, 0.1) is 0 Å². The van der Waals surface area contributed by atoms with Crippen molar-refractivity contribution >= 4 is 23.2 Å². The monoisotopic (exact) mass is 433 g/mol. The number of Topliss-reactive ketones (excluding diaryl/α,β-unsaturated/α-hetero) is 1. The van der Waals surface area contributed by atoms with Crippen LogP contribution in [0.5, 0.6) is 5.75 Å². The highest BCUT2D eigenvalue weighted by Gasteiger charge is 2.33. The fourth-order valence-electron chi connectivity index (χ4n) is 4.65. The van der Waals surface area contributed by atoms with Crippen molar-refractivity contribution in [1.82, 2.24) is 9.97 Å². The molecule has 2 aliphatic rings. The first-order valence-electron chi connectivity index (χ1n) is 11.0. The average Bonchev–Trinajstić information content (AvgIpc) is 3.38. The lowest BCUT2D eigenvalue weighted by atomic mass is 9.84. The molecule has 0 saturated carbocycles. The summed E-state index contributed by atoms with van der Waals surface area (Å²) in [6.45, 7) is 3.25. The fourth-order valence-corrected chi connectivity index (χ4v) is 4.65. The Labute approximate surface area is 187 Å². The van der Waals surface area contributed by atoms with E-state index in [1.807, 2.05) is 30.3 Å². The van der Waals surface area contributed by atoms with Crippen molar-refractivity contribution in [1.29, 1.82) is 0 Å². The lowest BCUT2D eigenvalue weighted by Gasteiger charge is -2.37. The van der Waals surface area contributed by atoms with E-state index < -0.39 is 0 Å². The second kappa shape index (κ2) is 8.53. The van der Waals surface area contributed by atoms with Gasteiger partial charge in [0.25, 0.3) is 0 Å². The number of rotatable bonds is 5. The molecule has 8 nitrogen and oxygen atoms in total. The van der Waals surface area contributed by atoms with E-state index in [1.54, 1.807) is 20.4 Å². The molecule has 0 spiro atoms. The van der Waals surface area contributed by atoms with Gasteiger partial charge in [0, 0.05) is 52.0 Å². The zero-order valence-electron chi connectivity index (χ0n) is 18.4. The molecule has 166 valence electrons. The number of hydrogen-bond acceptors (Lipinski definition) is 8. The summed E-state index contributed by atoms with van der Waals surface area (Å²) >= 11 is 0. The number of carbonyl (C=O) groups excluding carboxylic acids is 1. The largest absolute Gasteiger partial charge is 0.495 e. The number of piperazine rings is 1. The number of fused-ring (bicyclic) bond motifs is 1. The van der Waals surface area contributed by atoms with Gasteiger partial charge in [0.05, 0.1) is 30.3 Å². The SMILES string of the molecule is CNc1nc(N2CCN(c3ccccc3OC)CC2)nc2c1C(=O)C[C@@H](c1ccco1)C2. The Morgan fingerprint density at radius 1 is 1.03 bits per heavy atom. The summed E-state index contributed by atoms with van der Waals surface area (Å²) in [6.07, 6.45) is 2.73. The van der Waals surface area contributed by atoms with Gasteiger partial charge < -0.3 is 24.3 Å². The number of benzene rings is 1. The van der Waals surface area contributed by atoms with Gasteiger partial charge in [-0.3, -0.25) is 4.79 Å². The molecule has 3 heterocycles. The average molecular weight is 434 g/mol. The molecule has 1 fully saturated rings. The van der Waals surface area contributed by atoms with E-state index in [1.165, 1.54) is 0 Å². The number of ether oxygens (including phenoxy) is 1. The molecule has 2 aromatic heterocycles. The van der Waals surface area contributed by atoms with Gasteiger partial charge in [-0.25, -0.2) is 4.98 Å². The highest BCUT2D eigenvalue weighted by molar-refractivity contribution is 6.03. The summed E-state index contributed by atoms with van der Waals surface area (Å²) in [5.74, 6) is 3.07. The molecule has 8 heteroatoms. The Morgan fingerprint density at radius 2 is 1.81 bits per heavy atom. The van der Waals surface area contributed by atoms with Gasteiger partial charge in [-0.2, -0.15) is 4.98 Å². The van der Waals surface area contributed by atoms with E-state index in [9.17, 15) is 4.79 Å². The van der Waals surface area contributed by atoms with Gasteiger partial charge in [-0.15, -0.1) is 0 Å².